The van der Waals surface area contributed by atoms with Crippen molar-refractivity contribution in [2.45, 2.75) is 17.7 Å². The van der Waals surface area contributed by atoms with E-state index in [4.69, 9.17) is 0 Å². The van der Waals surface area contributed by atoms with Gasteiger partial charge < -0.3 is 0 Å². The maximum absolute atomic E-state index is 13.8. The molecule has 6 heteroatoms. The van der Waals surface area contributed by atoms with Crippen molar-refractivity contribution in [2.75, 3.05) is 4.72 Å². The number of hydrogen-bond acceptors (Lipinski definition) is 2. The number of aryl methyl sites for hydroxylation is 2. The van der Waals surface area contributed by atoms with E-state index in [1.54, 1.807) is 6.07 Å². The molecule has 0 saturated carbocycles. The number of rotatable bonds is 3. The van der Waals surface area contributed by atoms with E-state index in [0.29, 0.717) is 11.8 Å². The molecule has 4 rings (SSSR count). The first-order valence-corrected chi connectivity index (χ1v) is 8.95. The Kier molecular flexibility index (Phi) is 3.31. The number of anilines is 1. The van der Waals surface area contributed by atoms with Gasteiger partial charge in [-0.25, -0.2) is 17.2 Å². The lowest BCUT2D eigenvalue weighted by atomic mass is 10.0. The van der Waals surface area contributed by atoms with Crippen LogP contribution in [0.3, 0.4) is 0 Å². The first-order chi connectivity index (χ1) is 11.5. The van der Waals surface area contributed by atoms with Crippen LogP contribution in [0.4, 0.5) is 14.5 Å². The first-order valence-electron chi connectivity index (χ1n) is 7.47. The Labute approximate surface area is 138 Å². The van der Waals surface area contributed by atoms with Gasteiger partial charge in [0.1, 0.15) is 16.5 Å². The monoisotopic (exact) mass is 345 g/mol. The van der Waals surface area contributed by atoms with Crippen molar-refractivity contribution < 1.29 is 17.2 Å². The van der Waals surface area contributed by atoms with Gasteiger partial charge in [0.2, 0.25) is 0 Å². The van der Waals surface area contributed by atoms with Gasteiger partial charge in [-0.1, -0.05) is 24.3 Å². The smallest absolute Gasteiger partial charge is 0.264 e. The molecule has 0 bridgehead atoms. The standard InChI is InChI=1S/C18H13F2NO2S/c19-13-7-9-17(15(20)10-13)24(22,23)21-16-8-6-12-5-4-11-2-1-3-14(16)18(11)12/h1-3,6-10,21H,4-5H2. The van der Waals surface area contributed by atoms with Crippen LogP contribution in [0, 0.1) is 11.6 Å². The first kappa shape index (κ1) is 15.1. The fourth-order valence-electron chi connectivity index (χ4n) is 3.23. The SMILES string of the molecule is O=S(=O)(Nc1ccc2c3c(cccc13)CC2)c1ccc(F)cc1F. The number of hydrogen-bond donors (Lipinski definition) is 1. The van der Waals surface area contributed by atoms with Crippen LogP contribution in [0.2, 0.25) is 0 Å². The lowest BCUT2D eigenvalue weighted by molar-refractivity contribution is 0.551. The summed E-state index contributed by atoms with van der Waals surface area (Å²) in [5, 5.41) is 1.84. The van der Waals surface area contributed by atoms with E-state index in [1.165, 1.54) is 11.1 Å². The lowest BCUT2D eigenvalue weighted by Gasteiger charge is -2.12. The molecular weight excluding hydrogens is 332 g/mol. The van der Waals surface area contributed by atoms with Gasteiger partial charge >= 0.3 is 0 Å². The van der Waals surface area contributed by atoms with Crippen molar-refractivity contribution >= 4 is 26.5 Å². The number of benzene rings is 3. The molecule has 0 saturated heterocycles. The quantitative estimate of drug-likeness (QED) is 0.779. The minimum atomic E-state index is -4.15. The fourth-order valence-corrected chi connectivity index (χ4v) is 4.37. The van der Waals surface area contributed by atoms with Crippen molar-refractivity contribution in [1.29, 1.82) is 0 Å². The molecule has 0 fully saturated rings. The van der Waals surface area contributed by atoms with E-state index >= 15 is 0 Å². The molecule has 1 aliphatic rings. The summed E-state index contributed by atoms with van der Waals surface area (Å²) < 4.78 is 54.3. The average Bonchev–Trinajstić information content (AvgIpc) is 2.94. The topological polar surface area (TPSA) is 46.2 Å². The molecule has 0 heterocycles. The summed E-state index contributed by atoms with van der Waals surface area (Å²) in [7, 11) is -4.15. The lowest BCUT2D eigenvalue weighted by Crippen LogP contribution is -2.15. The number of halogens is 2. The molecule has 1 N–H and O–H groups in total. The van der Waals surface area contributed by atoms with E-state index < -0.39 is 26.6 Å². The van der Waals surface area contributed by atoms with Crippen LogP contribution in [0.1, 0.15) is 11.1 Å². The summed E-state index contributed by atoms with van der Waals surface area (Å²) in [5.41, 5.74) is 2.74. The van der Waals surface area contributed by atoms with Crippen LogP contribution < -0.4 is 4.72 Å². The molecule has 3 nitrogen and oxygen atoms in total. The Morgan fingerprint density at radius 3 is 2.42 bits per heavy atom. The molecule has 0 amide bonds. The second kappa shape index (κ2) is 5.27. The molecule has 0 spiro atoms. The van der Waals surface area contributed by atoms with Crippen molar-refractivity contribution in [2.24, 2.45) is 0 Å². The van der Waals surface area contributed by atoms with Crippen LogP contribution in [0.15, 0.2) is 53.4 Å². The summed E-state index contributed by atoms with van der Waals surface area (Å²) in [6.45, 7) is 0. The summed E-state index contributed by atoms with van der Waals surface area (Å²) >= 11 is 0. The minimum absolute atomic E-state index is 0.390. The molecule has 24 heavy (non-hydrogen) atoms. The highest BCUT2D eigenvalue weighted by atomic mass is 32.2. The van der Waals surface area contributed by atoms with E-state index in [1.807, 2.05) is 24.3 Å². The zero-order valence-electron chi connectivity index (χ0n) is 12.5. The summed E-state index contributed by atoms with van der Waals surface area (Å²) in [4.78, 5) is -0.577. The molecule has 0 atom stereocenters. The van der Waals surface area contributed by atoms with Gasteiger partial charge in [-0.2, -0.15) is 0 Å². The fraction of sp³-hybridized carbons (Fsp3) is 0.111. The van der Waals surface area contributed by atoms with Gasteiger partial charge in [0.15, 0.2) is 0 Å². The second-order valence-electron chi connectivity index (χ2n) is 5.79. The van der Waals surface area contributed by atoms with Crippen molar-refractivity contribution in [3.8, 4) is 0 Å². The van der Waals surface area contributed by atoms with Gasteiger partial charge in [0.05, 0.1) is 5.69 Å². The zero-order chi connectivity index (χ0) is 16.9. The average molecular weight is 345 g/mol. The third-order valence-electron chi connectivity index (χ3n) is 4.30. The number of sulfonamides is 1. The summed E-state index contributed by atoms with van der Waals surface area (Å²) in [6, 6.07) is 11.7. The molecule has 0 aromatic heterocycles. The van der Waals surface area contributed by atoms with Crippen LogP contribution >= 0.6 is 0 Å². The van der Waals surface area contributed by atoms with Crippen LogP contribution in [-0.2, 0) is 22.9 Å². The van der Waals surface area contributed by atoms with Crippen molar-refractivity contribution in [3.63, 3.8) is 0 Å². The number of nitrogens with one attached hydrogen (secondary N) is 1. The zero-order valence-corrected chi connectivity index (χ0v) is 13.3. The Bertz CT molecular complexity index is 1070. The third-order valence-corrected chi connectivity index (χ3v) is 5.70. The highest BCUT2D eigenvalue weighted by Gasteiger charge is 2.22. The highest BCUT2D eigenvalue weighted by Crippen LogP contribution is 2.35. The molecule has 3 aromatic carbocycles. The maximum atomic E-state index is 13.8. The summed E-state index contributed by atoms with van der Waals surface area (Å²) in [6.07, 6.45) is 1.85. The molecule has 1 aliphatic carbocycles. The molecule has 0 aliphatic heterocycles. The Morgan fingerprint density at radius 1 is 0.917 bits per heavy atom. The largest absolute Gasteiger partial charge is 0.279 e. The van der Waals surface area contributed by atoms with E-state index in [0.717, 1.165) is 35.7 Å². The van der Waals surface area contributed by atoms with Gasteiger partial charge in [0.25, 0.3) is 10.0 Å². The molecule has 122 valence electrons. The Balaban J connectivity index is 1.82. The Morgan fingerprint density at radius 2 is 1.67 bits per heavy atom. The van der Waals surface area contributed by atoms with E-state index in [-0.39, 0.29) is 0 Å². The van der Waals surface area contributed by atoms with Crippen LogP contribution in [0.25, 0.3) is 10.8 Å². The predicted octanol–water partition coefficient (Wildman–Crippen LogP) is 4.02. The predicted molar refractivity (Wildman–Crippen MR) is 88.5 cm³/mol. The molecular formula is C18H13F2NO2S. The third kappa shape index (κ3) is 2.34. The minimum Gasteiger partial charge on any atom is -0.279 e. The van der Waals surface area contributed by atoms with E-state index in [2.05, 4.69) is 4.72 Å². The van der Waals surface area contributed by atoms with E-state index in [9.17, 15) is 17.2 Å². The van der Waals surface area contributed by atoms with Gasteiger partial charge in [-0.05, 0) is 47.6 Å². The summed E-state index contributed by atoms with van der Waals surface area (Å²) in [5.74, 6) is -1.94. The van der Waals surface area contributed by atoms with Crippen molar-refractivity contribution in [1.82, 2.24) is 0 Å². The van der Waals surface area contributed by atoms with Gasteiger partial charge in [-0.15, -0.1) is 0 Å². The van der Waals surface area contributed by atoms with Crippen LogP contribution in [-0.4, -0.2) is 8.42 Å². The highest BCUT2D eigenvalue weighted by molar-refractivity contribution is 7.92. The van der Waals surface area contributed by atoms with Gasteiger partial charge in [0, 0.05) is 11.5 Å². The maximum Gasteiger partial charge on any atom is 0.264 e. The van der Waals surface area contributed by atoms with Crippen LogP contribution in [0.5, 0.6) is 0 Å². The molecule has 0 radical (unpaired) electrons. The molecule has 0 unspecified atom stereocenters. The normalized spacial score (nSPS) is 13.4. The molecule has 3 aromatic rings. The van der Waals surface area contributed by atoms with Crippen molar-refractivity contribution in [3.05, 3.63) is 71.3 Å². The Hall–Kier alpha value is -2.47. The second-order valence-corrected chi connectivity index (χ2v) is 7.44. The van der Waals surface area contributed by atoms with Gasteiger partial charge in [-0.3, -0.25) is 4.72 Å².